The van der Waals surface area contributed by atoms with Crippen LogP contribution in [-0.2, 0) is 27.3 Å². The van der Waals surface area contributed by atoms with E-state index in [1.54, 1.807) is 56.3 Å². The van der Waals surface area contributed by atoms with Crippen molar-refractivity contribution in [3.63, 3.8) is 0 Å². The number of benzene rings is 3. The first-order chi connectivity index (χ1) is 22.5. The summed E-state index contributed by atoms with van der Waals surface area (Å²) >= 11 is 0. The van der Waals surface area contributed by atoms with Gasteiger partial charge in [-0.25, -0.2) is 4.39 Å². The first-order valence-corrected chi connectivity index (χ1v) is 15.0. The summed E-state index contributed by atoms with van der Waals surface area (Å²) in [6, 6.07) is 15.2. The molecule has 4 aromatic rings. The molecule has 0 unspecified atom stereocenters. The van der Waals surface area contributed by atoms with Gasteiger partial charge in [0.2, 0.25) is 17.7 Å². The quantitative estimate of drug-likeness (QED) is 0.205. The van der Waals surface area contributed by atoms with Crippen LogP contribution in [0.5, 0.6) is 17.2 Å². The lowest BCUT2D eigenvalue weighted by Crippen LogP contribution is -2.57. The third-order valence-corrected chi connectivity index (χ3v) is 7.55. The Balaban J connectivity index is 1.38. The van der Waals surface area contributed by atoms with Gasteiger partial charge in [-0.3, -0.25) is 19.2 Å². The minimum atomic E-state index is -1.08. The number of hydrogen-bond acceptors (Lipinski definition) is 8. The number of amides is 4. The predicted molar refractivity (Wildman–Crippen MR) is 168 cm³/mol. The molecule has 12 nitrogen and oxygen atoms in total. The molecule has 0 saturated carbocycles. The van der Waals surface area contributed by atoms with E-state index in [0.717, 1.165) is 0 Å². The van der Waals surface area contributed by atoms with Crippen molar-refractivity contribution in [1.82, 2.24) is 26.4 Å². The lowest BCUT2D eigenvalue weighted by Gasteiger charge is -2.25. The van der Waals surface area contributed by atoms with Crippen molar-refractivity contribution in [2.24, 2.45) is 5.92 Å². The molecule has 0 saturated heterocycles. The minimum Gasteiger partial charge on any atom is -0.507 e. The molecule has 3 aromatic carbocycles. The number of carbonyl (C=O) groups excluding carboxylic acids is 4. The fourth-order valence-electron chi connectivity index (χ4n) is 4.93. The predicted octanol–water partition coefficient (Wildman–Crippen LogP) is 3.60. The van der Waals surface area contributed by atoms with E-state index in [1.807, 2.05) is 0 Å². The highest BCUT2D eigenvalue weighted by atomic mass is 19.1. The van der Waals surface area contributed by atoms with Gasteiger partial charge in [0.15, 0.2) is 5.76 Å². The number of rotatable bonds is 5. The molecule has 0 radical (unpaired) electrons. The van der Waals surface area contributed by atoms with Crippen LogP contribution in [0.3, 0.4) is 0 Å². The molecule has 0 spiro atoms. The number of carbonyl (C=O) groups is 4. The maximum atomic E-state index is 13.7. The highest BCUT2D eigenvalue weighted by Gasteiger charge is 2.30. The van der Waals surface area contributed by atoms with Crippen molar-refractivity contribution >= 4 is 23.6 Å². The van der Waals surface area contributed by atoms with E-state index in [0.29, 0.717) is 28.3 Å². The molecule has 4 bridgehead atoms. The van der Waals surface area contributed by atoms with Crippen LogP contribution in [0, 0.1) is 11.7 Å². The van der Waals surface area contributed by atoms with Crippen LogP contribution in [0.2, 0.25) is 0 Å². The molecule has 3 heterocycles. The average molecular weight is 644 g/mol. The fourth-order valence-corrected chi connectivity index (χ4v) is 4.93. The number of aromatic hydroxyl groups is 1. The number of nitrogens with zero attached hydrogens (tertiary/aromatic N) is 1. The molecule has 0 aliphatic carbocycles. The van der Waals surface area contributed by atoms with Crippen LogP contribution in [0.15, 0.2) is 77.3 Å². The van der Waals surface area contributed by atoms with Crippen LogP contribution in [0.25, 0.3) is 11.3 Å². The Morgan fingerprint density at radius 2 is 1.72 bits per heavy atom. The van der Waals surface area contributed by atoms with Crippen molar-refractivity contribution in [2.75, 3.05) is 0 Å². The summed E-state index contributed by atoms with van der Waals surface area (Å²) in [4.78, 5) is 53.1. The van der Waals surface area contributed by atoms with E-state index < -0.39 is 47.6 Å². The summed E-state index contributed by atoms with van der Waals surface area (Å²) in [6.07, 6.45) is 0.0947. The van der Waals surface area contributed by atoms with Gasteiger partial charge in [0.05, 0.1) is 12.1 Å². The lowest BCUT2D eigenvalue weighted by atomic mass is 10.0. The van der Waals surface area contributed by atoms with Gasteiger partial charge in [-0.2, -0.15) is 0 Å². The molecule has 244 valence electrons. The molecular formula is C34H34FN5O7. The number of phenols is 1. The number of fused-ring (bicyclic) bond motifs is 11. The van der Waals surface area contributed by atoms with E-state index in [4.69, 9.17) is 9.26 Å². The number of hydrogen-bond donors (Lipinski definition) is 5. The fraction of sp³-hybridized carbons (Fsp3) is 0.265. The van der Waals surface area contributed by atoms with Crippen LogP contribution in [-0.4, -0.2) is 52.0 Å². The van der Waals surface area contributed by atoms with Crippen LogP contribution < -0.4 is 26.0 Å². The summed E-state index contributed by atoms with van der Waals surface area (Å²) in [5.74, 6) is -2.59. The Bertz CT molecular complexity index is 1790. The number of ether oxygens (including phenoxy) is 1. The van der Waals surface area contributed by atoms with Gasteiger partial charge in [0, 0.05) is 18.1 Å². The van der Waals surface area contributed by atoms with Crippen molar-refractivity contribution in [3.8, 4) is 28.5 Å². The van der Waals surface area contributed by atoms with E-state index in [1.165, 1.54) is 37.3 Å². The van der Waals surface area contributed by atoms with Crippen molar-refractivity contribution in [2.45, 2.75) is 51.9 Å². The molecule has 47 heavy (non-hydrogen) atoms. The van der Waals surface area contributed by atoms with E-state index in [2.05, 4.69) is 26.4 Å². The van der Waals surface area contributed by atoms with Crippen LogP contribution in [0.1, 0.15) is 42.5 Å². The SMILES string of the molecule is CC(C)[C@@H]1NC(=O)c2cc(ccc2O)Oc2ccc(cc2)C[C@@H](C(=O)NCc2cc(-c3cccc(F)c3)no2)NC(=O)[C@H](C)NC1=O. The third kappa shape index (κ3) is 8.12. The van der Waals surface area contributed by atoms with Gasteiger partial charge < -0.3 is 35.6 Å². The van der Waals surface area contributed by atoms with Crippen molar-refractivity contribution < 1.29 is 37.9 Å². The zero-order chi connectivity index (χ0) is 33.7. The summed E-state index contributed by atoms with van der Waals surface area (Å²) in [6.45, 7) is 4.85. The maximum absolute atomic E-state index is 13.7. The van der Waals surface area contributed by atoms with Gasteiger partial charge in [-0.15, -0.1) is 0 Å². The zero-order valence-electron chi connectivity index (χ0n) is 25.9. The summed E-state index contributed by atoms with van der Waals surface area (Å²) in [7, 11) is 0. The van der Waals surface area contributed by atoms with Crippen LogP contribution in [0.4, 0.5) is 4.39 Å². The summed E-state index contributed by atoms with van der Waals surface area (Å²) in [5.41, 5.74) is 1.50. The molecule has 6 rings (SSSR count). The normalized spacial score (nSPS) is 18.7. The number of aromatic nitrogens is 1. The van der Waals surface area contributed by atoms with Gasteiger partial charge >= 0.3 is 0 Å². The number of phenolic OH excluding ortho intramolecular Hbond substituents is 1. The first-order valence-electron chi connectivity index (χ1n) is 15.0. The number of nitrogens with one attached hydrogen (secondary N) is 4. The van der Waals surface area contributed by atoms with Crippen molar-refractivity contribution in [1.29, 1.82) is 0 Å². The van der Waals surface area contributed by atoms with E-state index in [-0.39, 0.29) is 35.9 Å². The standard InChI is InChI=1S/C34H34FN5O7/c1-18(2)30-34(45)37-19(3)31(42)38-28(33(44)36-17-25-16-27(40-47-25)21-5-4-6-22(35)14-21)13-20-7-9-23(10-8-20)46-24-11-12-29(41)26(15-24)32(43)39-30/h4-12,14-16,18-19,28,30,41H,13,17H2,1-3H3,(H,36,44)(H,37,45)(H,38,42)(H,39,43)/t19-,28-,30-/m0/s1. The average Bonchev–Trinajstić information content (AvgIpc) is 3.52. The second-order valence-corrected chi connectivity index (χ2v) is 11.5. The van der Waals surface area contributed by atoms with Gasteiger partial charge in [-0.1, -0.05) is 43.3 Å². The lowest BCUT2D eigenvalue weighted by molar-refractivity contribution is -0.132. The summed E-state index contributed by atoms with van der Waals surface area (Å²) < 4.78 is 24.9. The highest BCUT2D eigenvalue weighted by Crippen LogP contribution is 2.28. The first kappa shape index (κ1) is 32.7. The molecule has 3 atom stereocenters. The molecule has 13 heteroatoms. The molecule has 0 fully saturated rings. The van der Waals surface area contributed by atoms with E-state index in [9.17, 15) is 28.7 Å². The topological polar surface area (TPSA) is 172 Å². The smallest absolute Gasteiger partial charge is 0.255 e. The minimum absolute atomic E-state index is 0.0586. The van der Waals surface area contributed by atoms with Gasteiger partial charge in [-0.05, 0) is 60.9 Å². The zero-order valence-corrected chi connectivity index (χ0v) is 25.9. The Kier molecular flexibility index (Phi) is 9.83. The maximum Gasteiger partial charge on any atom is 0.255 e. The Labute approximate surface area is 269 Å². The van der Waals surface area contributed by atoms with Crippen LogP contribution >= 0.6 is 0 Å². The van der Waals surface area contributed by atoms with E-state index >= 15 is 0 Å². The number of halogens is 1. The third-order valence-electron chi connectivity index (χ3n) is 7.55. The second kappa shape index (κ2) is 14.1. The molecule has 4 amide bonds. The molecule has 2 aliphatic rings. The van der Waals surface area contributed by atoms with Gasteiger partial charge in [0.1, 0.15) is 46.9 Å². The Morgan fingerprint density at radius 1 is 0.979 bits per heavy atom. The van der Waals surface area contributed by atoms with Gasteiger partial charge in [0.25, 0.3) is 5.91 Å². The highest BCUT2D eigenvalue weighted by molar-refractivity contribution is 6.00. The van der Waals surface area contributed by atoms with Crippen molar-refractivity contribution in [3.05, 3.63) is 95.5 Å². The molecule has 5 N–H and O–H groups in total. The largest absolute Gasteiger partial charge is 0.507 e. The monoisotopic (exact) mass is 643 g/mol. The second-order valence-electron chi connectivity index (χ2n) is 11.5. The molecular weight excluding hydrogens is 609 g/mol. The molecule has 2 aliphatic heterocycles. The Hall–Kier alpha value is -5.72. The molecule has 1 aromatic heterocycles. The Morgan fingerprint density at radius 3 is 2.45 bits per heavy atom. The summed E-state index contributed by atoms with van der Waals surface area (Å²) in [5, 5.41) is 25.0.